The van der Waals surface area contributed by atoms with Crippen LogP contribution in [-0.4, -0.2) is 71.5 Å². The van der Waals surface area contributed by atoms with Crippen molar-refractivity contribution in [3.05, 3.63) is 106 Å². The molecule has 2 bridgehead atoms. The highest BCUT2D eigenvalue weighted by molar-refractivity contribution is 7.21. The maximum absolute atomic E-state index is 14.6. The maximum Gasteiger partial charge on any atom is 0.322 e. The van der Waals surface area contributed by atoms with Crippen LogP contribution in [0.25, 0.3) is 10.1 Å². The van der Waals surface area contributed by atoms with E-state index in [1.165, 1.54) is 16.9 Å². The number of carbonyl (C=O) groups excluding carboxylic acids is 2. The number of carbonyl (C=O) groups is 2. The van der Waals surface area contributed by atoms with Crippen molar-refractivity contribution in [3.63, 3.8) is 0 Å². The van der Waals surface area contributed by atoms with Gasteiger partial charge in [-0.05, 0) is 130 Å². The predicted octanol–water partition coefficient (Wildman–Crippen LogP) is 8.89. The smallest absolute Gasteiger partial charge is 0.322 e. The minimum Gasteiger partial charge on any atom is -0.497 e. The maximum atomic E-state index is 14.6. The first-order chi connectivity index (χ1) is 25.5. The summed E-state index contributed by atoms with van der Waals surface area (Å²) < 4.78 is 12.4. The summed E-state index contributed by atoms with van der Waals surface area (Å²) in [7, 11) is 1.61. The molecule has 8 rings (SSSR count). The molecule has 4 aliphatic rings. The van der Waals surface area contributed by atoms with Crippen molar-refractivity contribution in [2.45, 2.75) is 95.4 Å². The molecule has 5 unspecified atom stereocenters. The van der Waals surface area contributed by atoms with Crippen LogP contribution in [0.2, 0.25) is 0 Å². The first-order valence-electron chi connectivity index (χ1n) is 19.1. The van der Waals surface area contributed by atoms with Crippen molar-refractivity contribution in [3.8, 4) is 5.75 Å². The fraction of sp³-hybridized carbons (Fsp3) is 0.455. The number of thiophene rings is 1. The van der Waals surface area contributed by atoms with E-state index in [0.29, 0.717) is 67.1 Å². The summed E-state index contributed by atoms with van der Waals surface area (Å²) in [6, 6.07) is 23.1. The molecule has 3 N–H and O–H groups in total. The molecule has 1 saturated heterocycles. The molecule has 0 radical (unpaired) electrons. The number of nitrogens with zero attached hydrogens (tertiary/aromatic N) is 1. The number of amides is 2. The summed E-state index contributed by atoms with van der Waals surface area (Å²) in [6.07, 6.45) is 7.85. The zero-order valence-electron chi connectivity index (χ0n) is 31.1. The number of fused-ring (bicyclic) bond motifs is 9. The van der Waals surface area contributed by atoms with Crippen LogP contribution in [0, 0.1) is 5.41 Å². The third kappa shape index (κ3) is 7.95. The van der Waals surface area contributed by atoms with Crippen LogP contribution in [-0.2, 0) is 11.2 Å². The minimum atomic E-state index is -1.25. The van der Waals surface area contributed by atoms with Crippen molar-refractivity contribution >= 4 is 38.9 Å². The zero-order valence-corrected chi connectivity index (χ0v) is 31.9. The van der Waals surface area contributed by atoms with E-state index in [0.717, 1.165) is 46.9 Å². The lowest BCUT2D eigenvalue weighted by Gasteiger charge is -2.46. The Hall–Kier alpha value is -4.02. The van der Waals surface area contributed by atoms with Gasteiger partial charge in [0.05, 0.1) is 36.3 Å². The first kappa shape index (κ1) is 37.3. The van der Waals surface area contributed by atoms with Crippen molar-refractivity contribution in [2.75, 3.05) is 32.1 Å². The average molecular weight is 737 g/mol. The second-order valence-electron chi connectivity index (χ2n) is 15.6. The standard InChI is InChI=1S/C44H52N2O6S/c1-29-8-6-21-43(2)38(20-22-44(43,50)28-46(27-35-10-7-23-52-35)42(49)45-32-14-17-34(51-3)18-15-32)36-19-13-30(24-33(47)16-12-29)25-37(36)41(48)40-26-31-9-4-5-11-39(31)53-40/h4-5,8-9,11,13-15,17-19,25-26,33,35,38,47,50H,6-7,10,12,16,20-24,27-28H2,1-3H3,(H,45,49). The van der Waals surface area contributed by atoms with Crippen molar-refractivity contribution in [2.24, 2.45) is 5.41 Å². The SMILES string of the molecule is COc1ccc(NC(=O)N(CC2CCCO2)CC2(O)CCC3c4ccc(cc4C(=O)c4cc5ccccc5s4)CC(O)CCC(C)=CCCC32C)cc1. The molecule has 8 nitrogen and oxygen atoms in total. The Morgan fingerprint density at radius 1 is 1.04 bits per heavy atom. The van der Waals surface area contributed by atoms with Gasteiger partial charge in [-0.25, -0.2) is 4.79 Å². The van der Waals surface area contributed by atoms with E-state index < -0.39 is 17.1 Å². The Bertz CT molecular complexity index is 1930. The van der Waals surface area contributed by atoms with Crippen LogP contribution in [0.3, 0.4) is 0 Å². The lowest BCUT2D eigenvalue weighted by atomic mass is 9.64. The number of aliphatic hydroxyl groups is 2. The van der Waals surface area contributed by atoms with E-state index in [9.17, 15) is 19.8 Å². The normalized spacial score (nSPS) is 26.1. The van der Waals surface area contributed by atoms with E-state index in [-0.39, 0.29) is 30.4 Å². The van der Waals surface area contributed by atoms with Gasteiger partial charge in [-0.1, -0.05) is 48.9 Å². The third-order valence-electron chi connectivity index (χ3n) is 12.1. The fourth-order valence-electron chi connectivity index (χ4n) is 8.87. The highest BCUT2D eigenvalue weighted by atomic mass is 32.1. The highest BCUT2D eigenvalue weighted by Crippen LogP contribution is 2.59. The molecule has 2 amide bonds. The van der Waals surface area contributed by atoms with Crippen LogP contribution in [0.5, 0.6) is 5.75 Å². The Balaban J connectivity index is 1.27. The average Bonchev–Trinajstić information content (AvgIpc) is 3.89. The van der Waals surface area contributed by atoms with Crippen LogP contribution in [0.4, 0.5) is 10.5 Å². The number of ketones is 1. The summed E-state index contributed by atoms with van der Waals surface area (Å²) in [5, 5.41) is 28.2. The molecular formula is C44H52N2O6S. The highest BCUT2D eigenvalue weighted by Gasteiger charge is 2.58. The molecule has 9 heteroatoms. The van der Waals surface area contributed by atoms with Crippen molar-refractivity contribution < 1.29 is 29.3 Å². The Morgan fingerprint density at radius 2 is 1.85 bits per heavy atom. The van der Waals surface area contributed by atoms with Gasteiger partial charge in [0.2, 0.25) is 5.78 Å². The molecular weight excluding hydrogens is 685 g/mol. The number of anilines is 1. The van der Waals surface area contributed by atoms with Gasteiger partial charge in [0.1, 0.15) is 5.75 Å². The second kappa shape index (κ2) is 15.8. The quantitative estimate of drug-likeness (QED) is 0.123. The monoisotopic (exact) mass is 736 g/mol. The number of nitrogens with one attached hydrogen (secondary N) is 1. The van der Waals surface area contributed by atoms with Crippen LogP contribution in [0.1, 0.15) is 97.5 Å². The van der Waals surface area contributed by atoms with Crippen LogP contribution < -0.4 is 10.1 Å². The molecule has 2 fully saturated rings. The molecule has 3 aliphatic carbocycles. The van der Waals surface area contributed by atoms with Gasteiger partial charge in [-0.15, -0.1) is 11.3 Å². The van der Waals surface area contributed by atoms with Crippen LogP contribution in [0.15, 0.2) is 84.4 Å². The fourth-order valence-corrected chi connectivity index (χ4v) is 9.89. The topological polar surface area (TPSA) is 108 Å². The molecule has 0 spiro atoms. The van der Waals surface area contributed by atoms with Gasteiger partial charge in [0, 0.05) is 34.5 Å². The van der Waals surface area contributed by atoms with Gasteiger partial charge in [-0.2, -0.15) is 0 Å². The van der Waals surface area contributed by atoms with Crippen molar-refractivity contribution in [1.29, 1.82) is 0 Å². The number of methoxy groups -OCH3 is 1. The van der Waals surface area contributed by atoms with E-state index in [1.807, 2.05) is 60.7 Å². The number of aliphatic hydroxyl groups excluding tert-OH is 1. The molecule has 3 aromatic carbocycles. The van der Waals surface area contributed by atoms with E-state index in [4.69, 9.17) is 9.47 Å². The summed E-state index contributed by atoms with van der Waals surface area (Å²) in [5.74, 6) is 0.522. The summed E-state index contributed by atoms with van der Waals surface area (Å²) in [5.41, 5.74) is 2.42. The number of urea groups is 1. The van der Waals surface area contributed by atoms with E-state index >= 15 is 0 Å². The Kier molecular flexibility index (Phi) is 11.1. The van der Waals surface area contributed by atoms with Gasteiger partial charge in [0.15, 0.2) is 0 Å². The summed E-state index contributed by atoms with van der Waals surface area (Å²) in [6.45, 7) is 5.45. The Morgan fingerprint density at radius 3 is 2.60 bits per heavy atom. The Labute approximate surface area is 316 Å². The summed E-state index contributed by atoms with van der Waals surface area (Å²) in [4.78, 5) is 31.1. The molecule has 4 aromatic rings. The lowest BCUT2D eigenvalue weighted by Crippen LogP contribution is -2.55. The minimum absolute atomic E-state index is 0.0305. The molecule has 1 aromatic heterocycles. The number of allylic oxidation sites excluding steroid dienone is 2. The molecule has 280 valence electrons. The largest absolute Gasteiger partial charge is 0.497 e. The number of hydrogen-bond acceptors (Lipinski definition) is 7. The first-order valence-corrected chi connectivity index (χ1v) is 19.9. The number of hydrogen-bond donors (Lipinski definition) is 3. The summed E-state index contributed by atoms with van der Waals surface area (Å²) >= 11 is 1.50. The van der Waals surface area contributed by atoms with Crippen LogP contribution >= 0.6 is 11.3 Å². The second-order valence-corrected chi connectivity index (χ2v) is 16.7. The van der Waals surface area contributed by atoms with E-state index in [1.54, 1.807) is 12.0 Å². The molecule has 1 aliphatic heterocycles. The molecule has 2 heterocycles. The van der Waals surface area contributed by atoms with E-state index in [2.05, 4.69) is 37.4 Å². The van der Waals surface area contributed by atoms with Gasteiger partial charge >= 0.3 is 6.03 Å². The molecule has 53 heavy (non-hydrogen) atoms. The molecule has 1 saturated carbocycles. The van der Waals surface area contributed by atoms with Gasteiger partial charge in [-0.3, -0.25) is 4.79 Å². The zero-order chi connectivity index (χ0) is 37.2. The number of ether oxygens (including phenoxy) is 2. The predicted molar refractivity (Wildman–Crippen MR) is 211 cm³/mol. The number of benzene rings is 3. The lowest BCUT2D eigenvalue weighted by molar-refractivity contribution is -0.0799. The van der Waals surface area contributed by atoms with Gasteiger partial charge in [0.25, 0.3) is 0 Å². The van der Waals surface area contributed by atoms with Gasteiger partial charge < -0.3 is 29.9 Å². The molecule has 5 atom stereocenters. The third-order valence-corrected chi connectivity index (χ3v) is 13.2. The van der Waals surface area contributed by atoms with Crippen molar-refractivity contribution in [1.82, 2.24) is 4.90 Å². The number of rotatable bonds is 8.